The first-order chi connectivity index (χ1) is 15.2. The molecule has 2 saturated heterocycles. The van der Waals surface area contributed by atoms with Gasteiger partial charge in [-0.15, -0.1) is 11.7 Å². The van der Waals surface area contributed by atoms with Crippen LogP contribution < -0.4 is 9.47 Å². The van der Waals surface area contributed by atoms with Crippen LogP contribution in [0, 0.1) is 0 Å². The molecular weight excluding hydrogens is 396 g/mol. The fourth-order valence-electron chi connectivity index (χ4n) is 4.46. The van der Waals surface area contributed by atoms with Gasteiger partial charge in [-0.25, -0.2) is 4.68 Å². The van der Waals surface area contributed by atoms with Crippen LogP contribution in [0.2, 0.25) is 0 Å². The van der Waals surface area contributed by atoms with Crippen LogP contribution in [-0.2, 0) is 11.3 Å². The van der Waals surface area contributed by atoms with E-state index in [4.69, 9.17) is 14.2 Å². The third-order valence-electron chi connectivity index (χ3n) is 6.10. The van der Waals surface area contributed by atoms with E-state index in [1.807, 2.05) is 29.0 Å². The van der Waals surface area contributed by atoms with Crippen molar-refractivity contribution in [3.63, 3.8) is 0 Å². The summed E-state index contributed by atoms with van der Waals surface area (Å²) in [6.45, 7) is 9.94. The maximum atomic E-state index is 5.84. The minimum atomic E-state index is -0.146. The first-order valence-corrected chi connectivity index (χ1v) is 10.9. The largest absolute Gasteiger partial charge is 0.497 e. The number of piperazine rings is 1. The van der Waals surface area contributed by atoms with Crippen molar-refractivity contribution in [3.05, 3.63) is 42.2 Å². The second kappa shape index (κ2) is 10.2. The van der Waals surface area contributed by atoms with Gasteiger partial charge in [-0.3, -0.25) is 9.80 Å². The molecule has 9 nitrogen and oxygen atoms in total. The van der Waals surface area contributed by atoms with Gasteiger partial charge in [0.05, 0.1) is 26.9 Å². The van der Waals surface area contributed by atoms with Gasteiger partial charge in [-0.2, -0.15) is 0 Å². The molecule has 0 saturated carbocycles. The Morgan fingerprint density at radius 3 is 2.74 bits per heavy atom. The molecule has 3 heterocycles. The van der Waals surface area contributed by atoms with Crippen molar-refractivity contribution in [1.82, 2.24) is 30.0 Å². The SMILES string of the molecule is C=CCN1CCN([C@H](c2cc(OC)ccc2OC)c2nnnn2C[C@@H]2CCCO2)CC1. The van der Waals surface area contributed by atoms with Crippen molar-refractivity contribution >= 4 is 0 Å². The number of aromatic nitrogens is 4. The van der Waals surface area contributed by atoms with Crippen LogP contribution in [0.3, 0.4) is 0 Å². The smallest absolute Gasteiger partial charge is 0.173 e. The summed E-state index contributed by atoms with van der Waals surface area (Å²) in [5.74, 6) is 2.38. The van der Waals surface area contributed by atoms with Crippen molar-refractivity contribution in [1.29, 1.82) is 0 Å². The monoisotopic (exact) mass is 428 g/mol. The quantitative estimate of drug-likeness (QED) is 0.559. The van der Waals surface area contributed by atoms with E-state index in [1.54, 1.807) is 14.2 Å². The fraction of sp³-hybridized carbons (Fsp3) is 0.591. The van der Waals surface area contributed by atoms with Gasteiger partial charge in [0.1, 0.15) is 17.5 Å². The highest BCUT2D eigenvalue weighted by atomic mass is 16.5. The predicted molar refractivity (Wildman–Crippen MR) is 116 cm³/mol. The second-order valence-corrected chi connectivity index (χ2v) is 7.99. The van der Waals surface area contributed by atoms with E-state index in [0.717, 1.165) is 75.1 Å². The summed E-state index contributed by atoms with van der Waals surface area (Å²) in [7, 11) is 3.37. The van der Waals surface area contributed by atoms with Gasteiger partial charge in [0.2, 0.25) is 0 Å². The lowest BCUT2D eigenvalue weighted by Crippen LogP contribution is -2.48. The Balaban J connectivity index is 1.69. The van der Waals surface area contributed by atoms with Crippen LogP contribution >= 0.6 is 0 Å². The fourth-order valence-corrected chi connectivity index (χ4v) is 4.46. The molecule has 1 aromatic carbocycles. The van der Waals surface area contributed by atoms with E-state index in [9.17, 15) is 0 Å². The first kappa shape index (κ1) is 21.7. The number of methoxy groups -OCH3 is 2. The molecule has 2 atom stereocenters. The van der Waals surface area contributed by atoms with E-state index < -0.39 is 0 Å². The molecule has 0 spiro atoms. The maximum Gasteiger partial charge on any atom is 0.173 e. The summed E-state index contributed by atoms with van der Waals surface area (Å²) < 4.78 is 19.0. The van der Waals surface area contributed by atoms with Crippen molar-refractivity contribution in [2.24, 2.45) is 0 Å². The zero-order valence-electron chi connectivity index (χ0n) is 18.4. The number of hydrogen-bond donors (Lipinski definition) is 0. The van der Waals surface area contributed by atoms with E-state index in [1.165, 1.54) is 0 Å². The Kier molecular flexibility index (Phi) is 7.16. The van der Waals surface area contributed by atoms with Crippen LogP contribution in [0.5, 0.6) is 11.5 Å². The molecule has 2 aliphatic heterocycles. The second-order valence-electron chi connectivity index (χ2n) is 7.99. The summed E-state index contributed by atoms with van der Waals surface area (Å²) in [4.78, 5) is 4.83. The number of rotatable bonds is 9. The van der Waals surface area contributed by atoms with Crippen LogP contribution in [0.4, 0.5) is 0 Å². The van der Waals surface area contributed by atoms with Crippen LogP contribution in [0.25, 0.3) is 0 Å². The summed E-state index contributed by atoms with van der Waals surface area (Å²) in [5, 5.41) is 12.8. The lowest BCUT2D eigenvalue weighted by atomic mass is 10.0. The third kappa shape index (κ3) is 4.89. The number of hydrogen-bond acceptors (Lipinski definition) is 8. The summed E-state index contributed by atoms with van der Waals surface area (Å²) in [5.41, 5.74) is 1.00. The molecule has 168 valence electrons. The van der Waals surface area contributed by atoms with E-state index in [0.29, 0.717) is 6.54 Å². The molecule has 0 amide bonds. The minimum Gasteiger partial charge on any atom is -0.497 e. The van der Waals surface area contributed by atoms with Crippen LogP contribution in [-0.4, -0.2) is 89.7 Å². The van der Waals surface area contributed by atoms with E-state index >= 15 is 0 Å². The van der Waals surface area contributed by atoms with E-state index in [2.05, 4.69) is 31.9 Å². The third-order valence-corrected chi connectivity index (χ3v) is 6.10. The molecule has 0 N–H and O–H groups in total. The summed E-state index contributed by atoms with van der Waals surface area (Å²) >= 11 is 0. The predicted octanol–water partition coefficient (Wildman–Crippen LogP) is 1.76. The van der Waals surface area contributed by atoms with Crippen molar-refractivity contribution < 1.29 is 14.2 Å². The Hall–Kier alpha value is -2.49. The molecular formula is C22H32N6O3. The molecule has 0 bridgehead atoms. The zero-order chi connectivity index (χ0) is 21.6. The van der Waals surface area contributed by atoms with Crippen molar-refractivity contribution in [3.8, 4) is 11.5 Å². The van der Waals surface area contributed by atoms with Crippen LogP contribution in [0.1, 0.15) is 30.3 Å². The molecule has 1 aromatic heterocycles. The van der Waals surface area contributed by atoms with Gasteiger partial charge in [-0.05, 0) is 41.5 Å². The Morgan fingerprint density at radius 1 is 1.23 bits per heavy atom. The molecule has 2 aromatic rings. The molecule has 9 heteroatoms. The first-order valence-electron chi connectivity index (χ1n) is 10.9. The Labute approximate surface area is 183 Å². The summed E-state index contributed by atoms with van der Waals surface area (Å²) in [6.07, 6.45) is 4.23. The van der Waals surface area contributed by atoms with Gasteiger partial charge in [0.25, 0.3) is 0 Å². The van der Waals surface area contributed by atoms with Crippen LogP contribution in [0.15, 0.2) is 30.9 Å². The highest BCUT2D eigenvalue weighted by molar-refractivity contribution is 5.44. The molecule has 0 radical (unpaired) electrons. The number of ether oxygens (including phenoxy) is 3. The topological polar surface area (TPSA) is 77.8 Å². The molecule has 0 unspecified atom stereocenters. The molecule has 2 aliphatic rings. The van der Waals surface area contributed by atoms with Crippen molar-refractivity contribution in [2.75, 3.05) is 53.6 Å². The normalized spacial score (nSPS) is 21.2. The Bertz CT molecular complexity index is 859. The van der Waals surface area contributed by atoms with Gasteiger partial charge in [0.15, 0.2) is 5.82 Å². The highest BCUT2D eigenvalue weighted by Gasteiger charge is 2.33. The zero-order valence-corrected chi connectivity index (χ0v) is 18.4. The molecule has 2 fully saturated rings. The standard InChI is InChI=1S/C22H32N6O3/c1-4-9-26-10-12-27(13-11-26)21(19-15-17(29-2)7-8-20(19)30-3)22-23-24-25-28(22)16-18-6-5-14-31-18/h4,7-8,15,18,21H,1,5-6,9-14,16H2,2-3H3/t18-,21+/m0/s1. The number of nitrogens with zero attached hydrogens (tertiary/aromatic N) is 6. The Morgan fingerprint density at radius 2 is 2.06 bits per heavy atom. The molecule has 4 rings (SSSR count). The number of tetrazole rings is 1. The summed E-state index contributed by atoms with van der Waals surface area (Å²) in [6, 6.07) is 5.75. The lowest BCUT2D eigenvalue weighted by molar-refractivity contribution is 0.0865. The highest BCUT2D eigenvalue weighted by Crippen LogP contribution is 2.37. The van der Waals surface area contributed by atoms with Crippen molar-refractivity contribution in [2.45, 2.75) is 31.5 Å². The van der Waals surface area contributed by atoms with Gasteiger partial charge >= 0.3 is 0 Å². The van der Waals surface area contributed by atoms with Gasteiger partial charge < -0.3 is 14.2 Å². The maximum absolute atomic E-state index is 5.84. The van der Waals surface area contributed by atoms with Gasteiger partial charge in [0, 0.05) is 44.9 Å². The van der Waals surface area contributed by atoms with E-state index in [-0.39, 0.29) is 12.1 Å². The lowest BCUT2D eigenvalue weighted by Gasteiger charge is -2.39. The number of benzene rings is 1. The molecule has 0 aliphatic carbocycles. The average molecular weight is 429 g/mol. The van der Waals surface area contributed by atoms with Gasteiger partial charge in [-0.1, -0.05) is 6.08 Å². The molecule has 31 heavy (non-hydrogen) atoms. The minimum absolute atomic E-state index is 0.146. The average Bonchev–Trinajstić information content (AvgIpc) is 3.48.